The summed E-state index contributed by atoms with van der Waals surface area (Å²) in [5.74, 6) is 4.98. The zero-order valence-electron chi connectivity index (χ0n) is 8.36. The van der Waals surface area contributed by atoms with Crippen LogP contribution < -0.4 is 5.73 Å². The molecule has 15 heavy (non-hydrogen) atoms. The van der Waals surface area contributed by atoms with Crippen LogP contribution in [0.4, 0.5) is 0 Å². The van der Waals surface area contributed by atoms with Gasteiger partial charge in [0, 0.05) is 18.5 Å². The third kappa shape index (κ3) is 3.84. The van der Waals surface area contributed by atoms with Crippen molar-refractivity contribution in [3.05, 3.63) is 35.4 Å². The topological polar surface area (TPSA) is 63.3 Å². The van der Waals surface area contributed by atoms with Gasteiger partial charge in [-0.25, -0.2) is 0 Å². The van der Waals surface area contributed by atoms with E-state index < -0.39 is 5.97 Å². The van der Waals surface area contributed by atoms with Crippen LogP contribution in [0.15, 0.2) is 24.3 Å². The highest BCUT2D eigenvalue weighted by atomic mass is 16.4. The van der Waals surface area contributed by atoms with Crippen molar-refractivity contribution >= 4 is 5.97 Å². The molecule has 0 spiro atoms. The molecule has 0 aliphatic carbocycles. The lowest BCUT2D eigenvalue weighted by atomic mass is 10.1. The van der Waals surface area contributed by atoms with Crippen LogP contribution in [0, 0.1) is 11.8 Å². The third-order valence-electron chi connectivity index (χ3n) is 1.85. The molecular formula is C12H13NO2. The van der Waals surface area contributed by atoms with Crippen molar-refractivity contribution in [2.75, 3.05) is 6.54 Å². The van der Waals surface area contributed by atoms with Gasteiger partial charge in [-0.15, -0.1) is 0 Å². The maximum atomic E-state index is 10.6. The number of aliphatic carboxylic acids is 1. The lowest BCUT2D eigenvalue weighted by molar-refractivity contribution is -0.136. The van der Waals surface area contributed by atoms with E-state index in [2.05, 4.69) is 11.8 Å². The van der Waals surface area contributed by atoms with Crippen LogP contribution in [0.5, 0.6) is 0 Å². The Bertz CT molecular complexity index is 402. The molecule has 0 unspecified atom stereocenters. The lowest BCUT2D eigenvalue weighted by Crippen LogP contribution is -2.02. The Morgan fingerprint density at radius 2 is 2.13 bits per heavy atom. The summed E-state index contributed by atoms with van der Waals surface area (Å²) in [5, 5.41) is 8.69. The number of nitrogens with two attached hydrogens (primary N) is 1. The van der Waals surface area contributed by atoms with E-state index in [0.29, 0.717) is 13.0 Å². The van der Waals surface area contributed by atoms with Gasteiger partial charge in [0.1, 0.15) is 0 Å². The van der Waals surface area contributed by atoms with Crippen LogP contribution in [0.2, 0.25) is 0 Å². The Labute approximate surface area is 88.9 Å². The molecule has 0 aromatic heterocycles. The average Bonchev–Trinajstić information content (AvgIpc) is 2.20. The third-order valence-corrected chi connectivity index (χ3v) is 1.85. The van der Waals surface area contributed by atoms with Crippen molar-refractivity contribution in [1.29, 1.82) is 0 Å². The van der Waals surface area contributed by atoms with E-state index in [1.165, 1.54) is 0 Å². The number of carboxylic acids is 1. The Morgan fingerprint density at radius 3 is 2.80 bits per heavy atom. The van der Waals surface area contributed by atoms with Gasteiger partial charge >= 0.3 is 5.97 Å². The van der Waals surface area contributed by atoms with E-state index in [1.54, 1.807) is 6.07 Å². The second kappa shape index (κ2) is 5.84. The quantitative estimate of drug-likeness (QED) is 0.721. The molecule has 1 aromatic carbocycles. The van der Waals surface area contributed by atoms with Crippen LogP contribution >= 0.6 is 0 Å². The molecule has 0 bridgehead atoms. The molecule has 1 rings (SSSR count). The monoisotopic (exact) mass is 203 g/mol. The molecule has 0 radical (unpaired) electrons. The second-order valence-corrected chi connectivity index (χ2v) is 3.07. The molecule has 0 saturated carbocycles. The Balaban J connectivity index is 2.87. The normalized spacial score (nSPS) is 9.13. The number of hydrogen-bond donors (Lipinski definition) is 2. The first-order valence-electron chi connectivity index (χ1n) is 4.72. The molecule has 0 saturated heterocycles. The number of hydrogen-bond acceptors (Lipinski definition) is 2. The first kappa shape index (κ1) is 11.3. The largest absolute Gasteiger partial charge is 0.481 e. The average molecular weight is 203 g/mol. The molecule has 0 fully saturated rings. The predicted molar refractivity (Wildman–Crippen MR) is 58.3 cm³/mol. The zero-order chi connectivity index (χ0) is 11.1. The molecule has 78 valence electrons. The molecular weight excluding hydrogens is 190 g/mol. The maximum absolute atomic E-state index is 10.6. The van der Waals surface area contributed by atoms with Gasteiger partial charge in [0.05, 0.1) is 6.42 Å². The van der Waals surface area contributed by atoms with Crippen molar-refractivity contribution in [2.24, 2.45) is 5.73 Å². The summed E-state index contributed by atoms with van der Waals surface area (Å²) in [6.45, 7) is 0.522. The summed E-state index contributed by atoms with van der Waals surface area (Å²) in [6.07, 6.45) is 0.634. The van der Waals surface area contributed by atoms with Gasteiger partial charge in [-0.2, -0.15) is 0 Å². The molecule has 0 aliphatic rings. The van der Waals surface area contributed by atoms with E-state index in [-0.39, 0.29) is 6.42 Å². The van der Waals surface area contributed by atoms with Gasteiger partial charge in [-0.1, -0.05) is 30.0 Å². The molecule has 0 heterocycles. The molecule has 0 atom stereocenters. The van der Waals surface area contributed by atoms with Gasteiger partial charge in [-0.05, 0) is 11.6 Å². The Hall–Kier alpha value is -1.79. The number of carboxylic acid groups (broad SMARTS) is 1. The van der Waals surface area contributed by atoms with Gasteiger partial charge in [0.25, 0.3) is 0 Å². The fourth-order valence-corrected chi connectivity index (χ4v) is 1.19. The highest BCUT2D eigenvalue weighted by Crippen LogP contribution is 2.08. The minimum absolute atomic E-state index is 0.00742. The minimum Gasteiger partial charge on any atom is -0.481 e. The van der Waals surface area contributed by atoms with Crippen molar-refractivity contribution in [1.82, 2.24) is 0 Å². The van der Waals surface area contributed by atoms with Crippen molar-refractivity contribution in [3.8, 4) is 11.8 Å². The summed E-state index contributed by atoms with van der Waals surface area (Å²) < 4.78 is 0. The second-order valence-electron chi connectivity index (χ2n) is 3.07. The van der Waals surface area contributed by atoms with Crippen molar-refractivity contribution in [3.63, 3.8) is 0 Å². The van der Waals surface area contributed by atoms with E-state index in [0.717, 1.165) is 11.1 Å². The van der Waals surface area contributed by atoms with Crippen LogP contribution in [-0.4, -0.2) is 17.6 Å². The fourth-order valence-electron chi connectivity index (χ4n) is 1.19. The molecule has 0 amide bonds. The minimum atomic E-state index is -0.844. The fraction of sp³-hybridized carbons (Fsp3) is 0.250. The van der Waals surface area contributed by atoms with Crippen LogP contribution in [0.1, 0.15) is 17.5 Å². The lowest BCUT2D eigenvalue weighted by Gasteiger charge is -1.99. The Morgan fingerprint density at radius 1 is 1.40 bits per heavy atom. The smallest absolute Gasteiger partial charge is 0.307 e. The van der Waals surface area contributed by atoms with Crippen molar-refractivity contribution < 1.29 is 9.90 Å². The molecule has 3 N–H and O–H groups in total. The SMILES string of the molecule is NCCC#Cc1ccccc1CC(=O)O. The highest BCUT2D eigenvalue weighted by molar-refractivity contribution is 5.71. The summed E-state index contributed by atoms with van der Waals surface area (Å²) in [7, 11) is 0. The van der Waals surface area contributed by atoms with E-state index in [1.807, 2.05) is 18.2 Å². The molecule has 3 nitrogen and oxygen atoms in total. The van der Waals surface area contributed by atoms with Gasteiger partial charge in [-0.3, -0.25) is 4.79 Å². The standard InChI is InChI=1S/C12H13NO2/c13-8-4-3-6-10-5-1-2-7-11(10)9-12(14)15/h1-2,5,7H,4,8-9,13H2,(H,14,15). The number of rotatable bonds is 3. The van der Waals surface area contributed by atoms with Crippen LogP contribution in [0.25, 0.3) is 0 Å². The van der Waals surface area contributed by atoms with Gasteiger partial charge in [0.2, 0.25) is 0 Å². The van der Waals surface area contributed by atoms with Gasteiger partial charge in [0.15, 0.2) is 0 Å². The summed E-state index contributed by atoms with van der Waals surface area (Å²) in [6, 6.07) is 7.26. The molecule has 1 aromatic rings. The molecule has 3 heteroatoms. The molecule has 0 aliphatic heterocycles. The van der Waals surface area contributed by atoms with Crippen molar-refractivity contribution in [2.45, 2.75) is 12.8 Å². The van der Waals surface area contributed by atoms with E-state index >= 15 is 0 Å². The van der Waals surface area contributed by atoms with Crippen LogP contribution in [-0.2, 0) is 11.2 Å². The number of benzene rings is 1. The predicted octanol–water partition coefficient (Wildman–Crippen LogP) is 1.01. The summed E-state index contributed by atoms with van der Waals surface area (Å²) in [5.41, 5.74) is 6.83. The van der Waals surface area contributed by atoms with Crippen LogP contribution in [0.3, 0.4) is 0 Å². The van der Waals surface area contributed by atoms with E-state index in [4.69, 9.17) is 10.8 Å². The first-order valence-corrected chi connectivity index (χ1v) is 4.72. The van der Waals surface area contributed by atoms with Gasteiger partial charge < -0.3 is 10.8 Å². The highest BCUT2D eigenvalue weighted by Gasteiger charge is 2.03. The maximum Gasteiger partial charge on any atom is 0.307 e. The first-order chi connectivity index (χ1) is 7.24. The number of carbonyl (C=O) groups is 1. The Kier molecular flexibility index (Phi) is 4.39. The summed E-state index contributed by atoms with van der Waals surface area (Å²) in [4.78, 5) is 10.6. The summed E-state index contributed by atoms with van der Waals surface area (Å²) >= 11 is 0. The van der Waals surface area contributed by atoms with E-state index in [9.17, 15) is 4.79 Å². The zero-order valence-corrected chi connectivity index (χ0v) is 8.36.